The molecule has 0 aromatic carbocycles. The summed E-state index contributed by atoms with van der Waals surface area (Å²) in [5.74, 6) is 0. The minimum Gasteiger partial charge on any atom is -0.378 e. The predicted octanol–water partition coefficient (Wildman–Crippen LogP) is 3.00. The molecule has 0 unspecified atom stereocenters. The third-order valence-electron chi connectivity index (χ3n) is 3.07. The van der Waals surface area contributed by atoms with E-state index in [1.807, 2.05) is 0 Å². The highest BCUT2D eigenvalue weighted by Crippen LogP contribution is 2.25. The first-order chi connectivity index (χ1) is 7.99. The van der Waals surface area contributed by atoms with Gasteiger partial charge in [0.25, 0.3) is 0 Å². The summed E-state index contributed by atoms with van der Waals surface area (Å²) in [5, 5.41) is 1.10. The molecular formula is C12H16Cl2N2O. The molecule has 0 N–H and O–H groups in total. The highest BCUT2D eigenvalue weighted by molar-refractivity contribution is 6.34. The van der Waals surface area contributed by atoms with Crippen LogP contribution in [-0.4, -0.2) is 35.2 Å². The Labute approximate surface area is 112 Å². The van der Waals surface area contributed by atoms with Crippen molar-refractivity contribution >= 4 is 23.2 Å². The van der Waals surface area contributed by atoms with Crippen molar-refractivity contribution in [2.75, 3.05) is 19.8 Å². The quantitative estimate of drug-likeness (QED) is 0.776. The summed E-state index contributed by atoms with van der Waals surface area (Å²) < 4.78 is 5.49. The fourth-order valence-corrected chi connectivity index (χ4v) is 2.37. The Hall–Kier alpha value is -0.350. The van der Waals surface area contributed by atoms with Gasteiger partial charge in [-0.1, -0.05) is 23.2 Å². The molecule has 17 heavy (non-hydrogen) atoms. The molecular weight excluding hydrogens is 259 g/mol. The Bertz CT molecular complexity index is 409. The number of pyridine rings is 1. The van der Waals surface area contributed by atoms with Gasteiger partial charge >= 0.3 is 0 Å². The molecule has 1 saturated heterocycles. The normalized spacial score (nSPS) is 20.5. The Morgan fingerprint density at radius 1 is 1.47 bits per heavy atom. The molecule has 0 amide bonds. The van der Waals surface area contributed by atoms with Crippen LogP contribution in [0.25, 0.3) is 0 Å². The monoisotopic (exact) mass is 274 g/mol. The molecule has 3 nitrogen and oxygen atoms in total. The van der Waals surface area contributed by atoms with E-state index in [0.717, 1.165) is 31.9 Å². The van der Waals surface area contributed by atoms with Crippen molar-refractivity contribution in [1.82, 2.24) is 9.88 Å². The Morgan fingerprint density at radius 2 is 2.24 bits per heavy atom. The lowest BCUT2D eigenvalue weighted by molar-refractivity contribution is -0.0553. The second kappa shape index (κ2) is 5.11. The van der Waals surface area contributed by atoms with Crippen LogP contribution in [0.3, 0.4) is 0 Å². The number of rotatable bonds is 2. The first-order valence-corrected chi connectivity index (χ1v) is 6.37. The van der Waals surface area contributed by atoms with Gasteiger partial charge in [0, 0.05) is 35.4 Å². The molecule has 1 fully saturated rings. The Kier molecular flexibility index (Phi) is 3.93. The van der Waals surface area contributed by atoms with Crippen molar-refractivity contribution in [1.29, 1.82) is 0 Å². The van der Waals surface area contributed by atoms with Gasteiger partial charge in [0.1, 0.15) is 5.15 Å². The van der Waals surface area contributed by atoms with Crippen molar-refractivity contribution in [3.63, 3.8) is 0 Å². The van der Waals surface area contributed by atoms with E-state index in [1.165, 1.54) is 0 Å². The Morgan fingerprint density at radius 3 is 2.88 bits per heavy atom. The molecule has 1 aliphatic rings. The highest BCUT2D eigenvalue weighted by atomic mass is 35.5. The largest absolute Gasteiger partial charge is 0.378 e. The summed E-state index contributed by atoms with van der Waals surface area (Å²) in [6, 6.07) is 1.69. The van der Waals surface area contributed by atoms with Crippen LogP contribution in [-0.2, 0) is 11.3 Å². The zero-order valence-corrected chi connectivity index (χ0v) is 11.6. The number of nitrogens with zero attached hydrogens (tertiary/aromatic N) is 2. The predicted molar refractivity (Wildman–Crippen MR) is 69.6 cm³/mol. The van der Waals surface area contributed by atoms with E-state index in [4.69, 9.17) is 27.9 Å². The number of morpholine rings is 1. The molecule has 0 saturated carbocycles. The third-order valence-corrected chi connectivity index (χ3v) is 3.63. The molecule has 94 valence electrons. The van der Waals surface area contributed by atoms with Gasteiger partial charge in [0.05, 0.1) is 13.2 Å². The third kappa shape index (κ3) is 3.10. The summed E-state index contributed by atoms with van der Waals surface area (Å²) in [4.78, 5) is 6.43. The van der Waals surface area contributed by atoms with Gasteiger partial charge in [0.15, 0.2) is 0 Å². The lowest BCUT2D eigenvalue weighted by atomic mass is 10.0. The zero-order chi connectivity index (χ0) is 12.5. The van der Waals surface area contributed by atoms with Gasteiger partial charge in [-0.15, -0.1) is 0 Å². The zero-order valence-electron chi connectivity index (χ0n) is 10.0. The van der Waals surface area contributed by atoms with Crippen molar-refractivity contribution in [2.45, 2.75) is 25.9 Å². The lowest BCUT2D eigenvalue weighted by Gasteiger charge is -2.42. The number of hydrogen-bond acceptors (Lipinski definition) is 3. The highest BCUT2D eigenvalue weighted by Gasteiger charge is 2.30. The van der Waals surface area contributed by atoms with Crippen molar-refractivity contribution in [3.8, 4) is 0 Å². The van der Waals surface area contributed by atoms with E-state index in [0.29, 0.717) is 10.2 Å². The first-order valence-electron chi connectivity index (χ1n) is 5.62. The molecule has 0 atom stereocenters. The topological polar surface area (TPSA) is 25.4 Å². The molecule has 0 bridgehead atoms. The minimum atomic E-state index is 0.0290. The SMILES string of the molecule is CC1(C)COCCN1Cc1cnc(Cl)cc1Cl. The molecule has 0 aliphatic carbocycles. The van der Waals surface area contributed by atoms with Gasteiger partial charge < -0.3 is 4.74 Å². The number of halogens is 2. The van der Waals surface area contributed by atoms with E-state index in [9.17, 15) is 0 Å². The fourth-order valence-electron chi connectivity index (χ4n) is 1.94. The number of aromatic nitrogens is 1. The van der Waals surface area contributed by atoms with Gasteiger partial charge in [0.2, 0.25) is 0 Å². The molecule has 2 rings (SSSR count). The van der Waals surface area contributed by atoms with Crippen molar-refractivity contribution in [3.05, 3.63) is 28.0 Å². The summed E-state index contributed by atoms with van der Waals surface area (Å²) in [6.07, 6.45) is 1.75. The number of ether oxygens (including phenoxy) is 1. The van der Waals surface area contributed by atoms with E-state index in [-0.39, 0.29) is 5.54 Å². The van der Waals surface area contributed by atoms with Crippen LogP contribution in [0.1, 0.15) is 19.4 Å². The summed E-state index contributed by atoms with van der Waals surface area (Å²) in [7, 11) is 0. The van der Waals surface area contributed by atoms with E-state index in [1.54, 1.807) is 12.3 Å². The van der Waals surface area contributed by atoms with Crippen LogP contribution in [0.5, 0.6) is 0 Å². The maximum Gasteiger partial charge on any atom is 0.130 e. The lowest BCUT2D eigenvalue weighted by Crippen LogP contribution is -2.52. The maximum absolute atomic E-state index is 6.16. The van der Waals surface area contributed by atoms with Gasteiger partial charge in [-0.2, -0.15) is 0 Å². The van der Waals surface area contributed by atoms with E-state index >= 15 is 0 Å². The second-order valence-corrected chi connectivity index (χ2v) is 5.68. The molecule has 0 spiro atoms. The van der Waals surface area contributed by atoms with Crippen LogP contribution in [0.2, 0.25) is 10.2 Å². The smallest absolute Gasteiger partial charge is 0.130 e. The number of hydrogen-bond donors (Lipinski definition) is 0. The van der Waals surface area contributed by atoms with Crippen LogP contribution >= 0.6 is 23.2 Å². The molecule has 1 aliphatic heterocycles. The molecule has 2 heterocycles. The second-order valence-electron chi connectivity index (χ2n) is 4.89. The van der Waals surface area contributed by atoms with Crippen LogP contribution in [0.4, 0.5) is 0 Å². The minimum absolute atomic E-state index is 0.0290. The van der Waals surface area contributed by atoms with Crippen molar-refractivity contribution < 1.29 is 4.74 Å². The summed E-state index contributed by atoms with van der Waals surface area (Å²) >= 11 is 11.9. The molecule has 1 aromatic heterocycles. The summed E-state index contributed by atoms with van der Waals surface area (Å²) in [6.45, 7) is 7.53. The maximum atomic E-state index is 6.16. The average molecular weight is 275 g/mol. The van der Waals surface area contributed by atoms with Gasteiger partial charge in [-0.3, -0.25) is 4.90 Å². The van der Waals surface area contributed by atoms with Crippen molar-refractivity contribution in [2.24, 2.45) is 0 Å². The van der Waals surface area contributed by atoms with Crippen LogP contribution in [0, 0.1) is 0 Å². The van der Waals surface area contributed by atoms with Crippen LogP contribution < -0.4 is 0 Å². The van der Waals surface area contributed by atoms with Gasteiger partial charge in [-0.05, 0) is 19.9 Å². The summed E-state index contributed by atoms with van der Waals surface area (Å²) in [5.41, 5.74) is 1.03. The average Bonchev–Trinajstić information content (AvgIpc) is 2.24. The van der Waals surface area contributed by atoms with Gasteiger partial charge in [-0.25, -0.2) is 4.98 Å². The fraction of sp³-hybridized carbons (Fsp3) is 0.583. The van der Waals surface area contributed by atoms with E-state index < -0.39 is 0 Å². The molecule has 1 aromatic rings. The Balaban J connectivity index is 2.14. The first kappa shape index (κ1) is 13.1. The molecule has 5 heteroatoms. The van der Waals surface area contributed by atoms with E-state index in [2.05, 4.69) is 23.7 Å². The van der Waals surface area contributed by atoms with Crippen LogP contribution in [0.15, 0.2) is 12.3 Å². The standard InChI is InChI=1S/C12H16Cl2N2O/c1-12(2)8-17-4-3-16(12)7-9-6-15-11(14)5-10(9)13/h5-6H,3-4,7-8H2,1-2H3. The molecule has 0 radical (unpaired) electrons.